The Bertz CT molecular complexity index is 931. The number of aliphatic hydroxyl groups is 2. The molecule has 0 spiro atoms. The van der Waals surface area contributed by atoms with Gasteiger partial charge in [-0.3, -0.25) is 9.63 Å². The second kappa shape index (κ2) is 9.71. The van der Waals surface area contributed by atoms with Crippen LogP contribution < -0.4 is 10.8 Å². The lowest BCUT2D eigenvalue weighted by atomic mass is 10.0. The molecular weight excluding hydrogens is 544 g/mol. The molecule has 1 amide bonds. The highest BCUT2D eigenvalue weighted by Gasteiger charge is 2.31. The maximum absolute atomic E-state index is 14.6. The first-order valence-electron chi connectivity index (χ1n) is 8.14. The molecule has 2 rings (SSSR count). The summed E-state index contributed by atoms with van der Waals surface area (Å²) in [6.45, 7) is 2.21. The molecule has 2 aromatic carbocycles. The number of anilines is 2. The summed E-state index contributed by atoms with van der Waals surface area (Å²) in [4.78, 5) is 17.7. The van der Waals surface area contributed by atoms with Gasteiger partial charge in [-0.05, 0) is 60.7 Å². The molecule has 0 fully saturated rings. The number of benzene rings is 2. The first-order valence-corrected chi connectivity index (χ1v) is 9.98. The lowest BCUT2D eigenvalue weighted by Gasteiger charge is -2.28. The minimum Gasteiger partial charge on any atom is -0.394 e. The quantitative estimate of drug-likeness (QED) is 0.229. The molecule has 0 aliphatic rings. The standard InChI is InChI=1S/C18H17Cl2F2IN2O4/c1-18(2,13(27)7-26)29-25-17(28)9-6-11(20)14(21)15(22)16(9)24-12-4-3-8(23)5-10(12)19/h3-6,13,24,26-27H,7H2,1-2H3,(H,25,28). The summed E-state index contributed by atoms with van der Waals surface area (Å²) in [5.74, 6) is -3.69. The monoisotopic (exact) mass is 560 g/mol. The van der Waals surface area contributed by atoms with Crippen molar-refractivity contribution >= 4 is 63.1 Å². The van der Waals surface area contributed by atoms with Gasteiger partial charge in [-0.25, -0.2) is 14.3 Å². The van der Waals surface area contributed by atoms with Crippen LogP contribution in [0.25, 0.3) is 0 Å². The molecule has 0 aromatic heterocycles. The van der Waals surface area contributed by atoms with Gasteiger partial charge in [-0.2, -0.15) is 0 Å². The zero-order chi connectivity index (χ0) is 21.9. The van der Waals surface area contributed by atoms with Crippen molar-refractivity contribution in [2.24, 2.45) is 0 Å². The number of hydroxylamine groups is 1. The van der Waals surface area contributed by atoms with E-state index in [0.29, 0.717) is 0 Å². The van der Waals surface area contributed by atoms with Crippen LogP contribution in [-0.2, 0) is 4.84 Å². The molecule has 2 aromatic rings. The SMILES string of the molecule is CC(C)(ONC(=O)c1cc(Cl)c(F)c(F)c1Nc1ccc(I)cc1Cl)C(O)CO. The lowest BCUT2D eigenvalue weighted by molar-refractivity contribution is -0.144. The minimum atomic E-state index is -1.38. The molecule has 0 aliphatic heterocycles. The second-order valence-corrected chi connectivity index (χ2v) is 8.55. The van der Waals surface area contributed by atoms with Gasteiger partial charge in [-0.15, -0.1) is 0 Å². The Hall–Kier alpha value is -1.24. The summed E-state index contributed by atoms with van der Waals surface area (Å²) in [5, 5.41) is 21.0. The molecule has 6 nitrogen and oxygen atoms in total. The van der Waals surface area contributed by atoms with Gasteiger partial charge in [-0.1, -0.05) is 23.2 Å². The smallest absolute Gasteiger partial charge is 0.277 e. The number of amides is 1. The molecule has 0 heterocycles. The maximum Gasteiger partial charge on any atom is 0.277 e. The minimum absolute atomic E-state index is 0.224. The molecule has 158 valence electrons. The first-order chi connectivity index (χ1) is 13.5. The third-order valence-electron chi connectivity index (χ3n) is 3.98. The molecule has 0 radical (unpaired) electrons. The van der Waals surface area contributed by atoms with E-state index in [1.165, 1.54) is 19.9 Å². The Morgan fingerprint density at radius 1 is 1.24 bits per heavy atom. The Balaban J connectivity index is 2.39. The van der Waals surface area contributed by atoms with E-state index in [9.17, 15) is 18.7 Å². The highest BCUT2D eigenvalue weighted by molar-refractivity contribution is 14.1. The average molecular weight is 561 g/mol. The highest BCUT2D eigenvalue weighted by atomic mass is 127. The van der Waals surface area contributed by atoms with E-state index in [4.69, 9.17) is 33.1 Å². The first kappa shape index (κ1) is 24.0. The van der Waals surface area contributed by atoms with Crippen LogP contribution in [0.15, 0.2) is 24.3 Å². The Labute approximate surface area is 189 Å². The molecule has 4 N–H and O–H groups in total. The van der Waals surface area contributed by atoms with Crippen LogP contribution in [-0.4, -0.2) is 34.4 Å². The Morgan fingerprint density at radius 2 is 1.90 bits per heavy atom. The van der Waals surface area contributed by atoms with Crippen molar-refractivity contribution in [3.63, 3.8) is 0 Å². The number of hydrogen-bond donors (Lipinski definition) is 4. The fourth-order valence-electron chi connectivity index (χ4n) is 2.14. The van der Waals surface area contributed by atoms with Crippen molar-refractivity contribution in [3.8, 4) is 0 Å². The van der Waals surface area contributed by atoms with E-state index in [1.807, 2.05) is 28.1 Å². The predicted octanol–water partition coefficient (Wildman–Crippen LogP) is 4.41. The van der Waals surface area contributed by atoms with E-state index >= 15 is 0 Å². The van der Waals surface area contributed by atoms with Gasteiger partial charge in [0.25, 0.3) is 5.91 Å². The van der Waals surface area contributed by atoms with Gasteiger partial charge in [0.15, 0.2) is 11.6 Å². The van der Waals surface area contributed by atoms with Crippen molar-refractivity contribution in [1.82, 2.24) is 5.48 Å². The molecule has 0 saturated heterocycles. The van der Waals surface area contributed by atoms with Crippen molar-refractivity contribution in [2.75, 3.05) is 11.9 Å². The summed E-state index contributed by atoms with van der Waals surface area (Å²) in [6, 6.07) is 5.74. The third kappa shape index (κ3) is 5.68. The van der Waals surface area contributed by atoms with E-state index in [1.54, 1.807) is 12.1 Å². The largest absolute Gasteiger partial charge is 0.394 e. The predicted molar refractivity (Wildman–Crippen MR) is 115 cm³/mol. The molecule has 0 aliphatic carbocycles. The summed E-state index contributed by atoms with van der Waals surface area (Å²) in [6.07, 6.45) is -1.31. The van der Waals surface area contributed by atoms with Crippen LogP contribution in [0, 0.1) is 15.2 Å². The van der Waals surface area contributed by atoms with Crippen LogP contribution in [0.3, 0.4) is 0 Å². The number of nitrogens with one attached hydrogen (secondary N) is 2. The van der Waals surface area contributed by atoms with Gasteiger partial charge in [0.2, 0.25) is 0 Å². The molecule has 11 heteroatoms. The fourth-order valence-corrected chi connectivity index (χ4v) is 3.24. The van der Waals surface area contributed by atoms with Crippen molar-refractivity contribution in [3.05, 3.63) is 55.1 Å². The van der Waals surface area contributed by atoms with Crippen LogP contribution >= 0.6 is 45.8 Å². The van der Waals surface area contributed by atoms with Gasteiger partial charge in [0.1, 0.15) is 11.7 Å². The zero-order valence-electron chi connectivity index (χ0n) is 15.2. The van der Waals surface area contributed by atoms with Gasteiger partial charge in [0.05, 0.1) is 33.6 Å². The van der Waals surface area contributed by atoms with Gasteiger partial charge in [0, 0.05) is 3.57 Å². The number of aliphatic hydroxyl groups excluding tert-OH is 2. The summed E-state index contributed by atoms with van der Waals surface area (Å²) in [5.41, 5.74) is 0.0536. The second-order valence-electron chi connectivity index (χ2n) is 6.49. The zero-order valence-corrected chi connectivity index (χ0v) is 18.9. The normalized spacial score (nSPS) is 12.6. The molecular formula is C18H17Cl2F2IN2O4. The Morgan fingerprint density at radius 3 is 2.48 bits per heavy atom. The third-order valence-corrected chi connectivity index (χ3v) is 5.24. The van der Waals surface area contributed by atoms with E-state index in [0.717, 1.165) is 9.64 Å². The van der Waals surface area contributed by atoms with Crippen LogP contribution in [0.5, 0.6) is 0 Å². The summed E-state index contributed by atoms with van der Waals surface area (Å²) < 4.78 is 29.4. The number of rotatable bonds is 7. The topological polar surface area (TPSA) is 90.8 Å². The number of hydrogen-bond acceptors (Lipinski definition) is 5. The average Bonchev–Trinajstić information content (AvgIpc) is 2.67. The highest BCUT2D eigenvalue weighted by Crippen LogP contribution is 2.34. The number of halogens is 5. The number of carbonyl (C=O) groups is 1. The lowest BCUT2D eigenvalue weighted by Crippen LogP contribution is -2.46. The summed E-state index contributed by atoms with van der Waals surface area (Å²) >= 11 is 13.8. The molecule has 1 atom stereocenters. The molecule has 0 bridgehead atoms. The van der Waals surface area contributed by atoms with Crippen LogP contribution in [0.4, 0.5) is 20.2 Å². The van der Waals surface area contributed by atoms with Crippen LogP contribution in [0.2, 0.25) is 10.0 Å². The summed E-state index contributed by atoms with van der Waals surface area (Å²) in [7, 11) is 0. The maximum atomic E-state index is 14.6. The van der Waals surface area contributed by atoms with Crippen molar-refractivity contribution < 1.29 is 28.6 Å². The molecule has 1 unspecified atom stereocenters. The van der Waals surface area contributed by atoms with E-state index < -0.39 is 46.6 Å². The van der Waals surface area contributed by atoms with Gasteiger partial charge < -0.3 is 15.5 Å². The van der Waals surface area contributed by atoms with E-state index in [2.05, 4.69) is 5.32 Å². The van der Waals surface area contributed by atoms with Gasteiger partial charge >= 0.3 is 0 Å². The van der Waals surface area contributed by atoms with E-state index in [-0.39, 0.29) is 16.3 Å². The fraction of sp³-hybridized carbons (Fsp3) is 0.278. The Kier molecular flexibility index (Phi) is 8.05. The van der Waals surface area contributed by atoms with Crippen molar-refractivity contribution in [1.29, 1.82) is 0 Å². The molecule has 0 saturated carbocycles. The molecule has 29 heavy (non-hydrogen) atoms. The van der Waals surface area contributed by atoms with Crippen LogP contribution in [0.1, 0.15) is 24.2 Å². The van der Waals surface area contributed by atoms with Crippen molar-refractivity contribution in [2.45, 2.75) is 25.6 Å². The number of carbonyl (C=O) groups excluding carboxylic acids is 1.